The molecule has 0 aliphatic heterocycles. The van der Waals surface area contributed by atoms with Crippen molar-refractivity contribution in [2.24, 2.45) is 4.99 Å². The van der Waals surface area contributed by atoms with Gasteiger partial charge in [-0.05, 0) is 31.5 Å². The third-order valence-corrected chi connectivity index (χ3v) is 2.71. The van der Waals surface area contributed by atoms with Gasteiger partial charge in [-0.25, -0.2) is 4.39 Å². The van der Waals surface area contributed by atoms with Crippen molar-refractivity contribution in [3.63, 3.8) is 0 Å². The van der Waals surface area contributed by atoms with Gasteiger partial charge in [-0.3, -0.25) is 4.99 Å². The van der Waals surface area contributed by atoms with E-state index < -0.39 is 0 Å². The van der Waals surface area contributed by atoms with Gasteiger partial charge in [-0.1, -0.05) is 12.1 Å². The molecule has 0 saturated carbocycles. The van der Waals surface area contributed by atoms with Crippen LogP contribution in [0.4, 0.5) is 4.39 Å². The van der Waals surface area contributed by atoms with Crippen LogP contribution >= 0.6 is 0 Å². The van der Waals surface area contributed by atoms with E-state index in [4.69, 9.17) is 4.74 Å². The molecule has 0 aromatic heterocycles. The fourth-order valence-corrected chi connectivity index (χ4v) is 1.81. The Hall–Kier alpha value is -1.62. The first kappa shape index (κ1) is 16.4. The summed E-state index contributed by atoms with van der Waals surface area (Å²) in [5.74, 6) is 0.589. The highest BCUT2D eigenvalue weighted by molar-refractivity contribution is 5.79. The minimum atomic E-state index is -0.214. The number of hydrogen-bond acceptors (Lipinski definition) is 2. The Morgan fingerprint density at radius 2 is 2.20 bits per heavy atom. The first-order chi connectivity index (χ1) is 9.67. The molecule has 5 heteroatoms. The number of nitrogens with one attached hydrogen (secondary N) is 1. The topological polar surface area (TPSA) is 36.9 Å². The van der Waals surface area contributed by atoms with Crippen LogP contribution in [0.1, 0.15) is 19.4 Å². The van der Waals surface area contributed by atoms with Crippen LogP contribution in [-0.4, -0.2) is 44.2 Å². The van der Waals surface area contributed by atoms with Gasteiger partial charge in [-0.15, -0.1) is 0 Å². The fourth-order valence-electron chi connectivity index (χ4n) is 1.81. The van der Waals surface area contributed by atoms with Crippen molar-refractivity contribution in [2.45, 2.75) is 20.4 Å². The molecular formula is C15H24FN3O. The summed E-state index contributed by atoms with van der Waals surface area (Å²) in [6, 6.07) is 6.62. The van der Waals surface area contributed by atoms with Crippen LogP contribution in [-0.2, 0) is 11.3 Å². The van der Waals surface area contributed by atoms with Crippen LogP contribution in [0.3, 0.4) is 0 Å². The maximum absolute atomic E-state index is 13.2. The van der Waals surface area contributed by atoms with E-state index in [-0.39, 0.29) is 5.82 Å². The summed E-state index contributed by atoms with van der Waals surface area (Å²) < 4.78 is 18.4. The smallest absolute Gasteiger partial charge is 0.194 e. The average Bonchev–Trinajstić information content (AvgIpc) is 2.42. The quantitative estimate of drug-likeness (QED) is 0.473. The Morgan fingerprint density at radius 1 is 1.40 bits per heavy atom. The second-order valence-electron chi connectivity index (χ2n) is 4.42. The van der Waals surface area contributed by atoms with Gasteiger partial charge >= 0.3 is 0 Å². The lowest BCUT2D eigenvalue weighted by atomic mass is 10.2. The Bertz CT molecular complexity index is 423. The van der Waals surface area contributed by atoms with E-state index in [1.165, 1.54) is 6.07 Å². The largest absolute Gasteiger partial charge is 0.380 e. The Balaban J connectivity index is 2.61. The van der Waals surface area contributed by atoms with Gasteiger partial charge < -0.3 is 15.0 Å². The van der Waals surface area contributed by atoms with Crippen molar-refractivity contribution < 1.29 is 9.13 Å². The molecule has 1 N–H and O–H groups in total. The monoisotopic (exact) mass is 281 g/mol. The third-order valence-electron chi connectivity index (χ3n) is 2.71. The third kappa shape index (κ3) is 6.02. The average molecular weight is 281 g/mol. The normalized spacial score (nSPS) is 11.5. The van der Waals surface area contributed by atoms with E-state index in [0.29, 0.717) is 26.3 Å². The van der Waals surface area contributed by atoms with Gasteiger partial charge in [0, 0.05) is 26.7 Å². The SMILES string of the molecule is CCNC(=NCCOCC)N(C)Cc1cccc(F)c1. The van der Waals surface area contributed by atoms with Gasteiger partial charge in [-0.2, -0.15) is 0 Å². The molecule has 0 fully saturated rings. The minimum absolute atomic E-state index is 0.214. The molecule has 20 heavy (non-hydrogen) atoms. The molecule has 0 bridgehead atoms. The number of hydrogen-bond donors (Lipinski definition) is 1. The molecule has 0 aliphatic carbocycles. The molecule has 1 rings (SSSR count). The maximum atomic E-state index is 13.2. The van der Waals surface area contributed by atoms with Crippen molar-refractivity contribution in [3.05, 3.63) is 35.6 Å². The van der Waals surface area contributed by atoms with E-state index in [1.54, 1.807) is 12.1 Å². The number of benzene rings is 1. The standard InChI is InChI=1S/C15H24FN3O/c1-4-17-15(18-9-10-20-5-2)19(3)12-13-7-6-8-14(16)11-13/h6-8,11H,4-5,9-10,12H2,1-3H3,(H,17,18). The molecule has 1 aromatic carbocycles. The molecule has 0 aliphatic rings. The highest BCUT2D eigenvalue weighted by Gasteiger charge is 2.06. The Morgan fingerprint density at radius 3 is 2.85 bits per heavy atom. The number of ether oxygens (including phenoxy) is 1. The van der Waals surface area contributed by atoms with Gasteiger partial charge in [0.2, 0.25) is 0 Å². The summed E-state index contributed by atoms with van der Waals surface area (Å²) in [4.78, 5) is 6.46. The predicted molar refractivity (Wildman–Crippen MR) is 80.3 cm³/mol. The van der Waals surface area contributed by atoms with Crippen LogP contribution in [0, 0.1) is 5.82 Å². The molecule has 0 amide bonds. The van der Waals surface area contributed by atoms with Gasteiger partial charge in [0.05, 0.1) is 13.2 Å². The minimum Gasteiger partial charge on any atom is -0.380 e. The van der Waals surface area contributed by atoms with Crippen molar-refractivity contribution in [1.82, 2.24) is 10.2 Å². The summed E-state index contributed by atoms with van der Waals surface area (Å²) >= 11 is 0. The summed E-state index contributed by atoms with van der Waals surface area (Å²) in [6.45, 7) is 7.31. The lowest BCUT2D eigenvalue weighted by Gasteiger charge is -2.22. The van der Waals surface area contributed by atoms with Gasteiger partial charge in [0.15, 0.2) is 5.96 Å². The zero-order chi connectivity index (χ0) is 14.8. The number of aliphatic imine (C=N–C) groups is 1. The van der Waals surface area contributed by atoms with Crippen LogP contribution in [0.25, 0.3) is 0 Å². The number of rotatable bonds is 7. The van der Waals surface area contributed by atoms with Crippen molar-refractivity contribution in [2.75, 3.05) is 33.4 Å². The maximum Gasteiger partial charge on any atom is 0.194 e. The lowest BCUT2D eigenvalue weighted by molar-refractivity contribution is 0.155. The molecule has 1 aromatic rings. The van der Waals surface area contributed by atoms with Gasteiger partial charge in [0.25, 0.3) is 0 Å². The molecule has 0 atom stereocenters. The molecule has 0 spiro atoms. The number of halogens is 1. The van der Waals surface area contributed by atoms with Crippen molar-refractivity contribution in [3.8, 4) is 0 Å². The van der Waals surface area contributed by atoms with E-state index in [1.807, 2.05) is 31.9 Å². The van der Waals surface area contributed by atoms with E-state index in [9.17, 15) is 4.39 Å². The molecule has 0 saturated heterocycles. The molecular weight excluding hydrogens is 257 g/mol. The fraction of sp³-hybridized carbons (Fsp3) is 0.533. The highest BCUT2D eigenvalue weighted by atomic mass is 19.1. The summed E-state index contributed by atoms with van der Waals surface area (Å²) in [5, 5.41) is 3.22. The van der Waals surface area contributed by atoms with E-state index in [0.717, 1.165) is 18.1 Å². The Labute approximate surface area is 120 Å². The van der Waals surface area contributed by atoms with Gasteiger partial charge in [0.1, 0.15) is 5.82 Å². The molecule has 0 radical (unpaired) electrons. The first-order valence-corrected chi connectivity index (χ1v) is 6.99. The van der Waals surface area contributed by atoms with E-state index >= 15 is 0 Å². The summed E-state index contributed by atoms with van der Waals surface area (Å²) in [7, 11) is 1.94. The highest BCUT2D eigenvalue weighted by Crippen LogP contribution is 2.06. The van der Waals surface area contributed by atoms with Crippen LogP contribution in [0.15, 0.2) is 29.3 Å². The molecule has 112 valence electrons. The van der Waals surface area contributed by atoms with Crippen LogP contribution in [0.5, 0.6) is 0 Å². The summed E-state index contributed by atoms with van der Waals surface area (Å²) in [5.41, 5.74) is 0.919. The van der Waals surface area contributed by atoms with Crippen LogP contribution in [0.2, 0.25) is 0 Å². The summed E-state index contributed by atoms with van der Waals surface area (Å²) in [6.07, 6.45) is 0. The first-order valence-electron chi connectivity index (χ1n) is 6.99. The molecule has 0 heterocycles. The van der Waals surface area contributed by atoms with Crippen molar-refractivity contribution in [1.29, 1.82) is 0 Å². The molecule has 0 unspecified atom stereocenters. The van der Waals surface area contributed by atoms with E-state index in [2.05, 4.69) is 10.3 Å². The zero-order valence-corrected chi connectivity index (χ0v) is 12.5. The van der Waals surface area contributed by atoms with Crippen LogP contribution < -0.4 is 5.32 Å². The second-order valence-corrected chi connectivity index (χ2v) is 4.42. The second kappa shape index (κ2) is 9.31. The predicted octanol–water partition coefficient (Wildman–Crippen LogP) is 2.26. The molecule has 4 nitrogen and oxygen atoms in total. The van der Waals surface area contributed by atoms with Crippen molar-refractivity contribution >= 4 is 5.96 Å². The number of nitrogens with zero attached hydrogens (tertiary/aromatic N) is 2. The number of guanidine groups is 1. The Kier molecular flexibility index (Phi) is 7.65. The lowest BCUT2D eigenvalue weighted by Crippen LogP contribution is -2.38. The zero-order valence-electron chi connectivity index (χ0n) is 12.5.